The summed E-state index contributed by atoms with van der Waals surface area (Å²) in [6.07, 6.45) is 2.42. The highest BCUT2D eigenvalue weighted by molar-refractivity contribution is 7.98. The molecule has 1 saturated heterocycles. The molecule has 5 nitrogen and oxygen atoms in total. The van der Waals surface area contributed by atoms with Crippen LogP contribution in [0.4, 0.5) is 10.5 Å². The van der Waals surface area contributed by atoms with Gasteiger partial charge in [0.25, 0.3) is 0 Å². The molecule has 2 rings (SSSR count). The first-order valence-electron chi connectivity index (χ1n) is 6.13. The number of nitrogens with one attached hydrogen (secondary N) is 1. The number of hydrogen-bond acceptors (Lipinski definition) is 3. The molecule has 2 N–H and O–H groups in total. The number of benzene rings is 1. The van der Waals surface area contributed by atoms with Gasteiger partial charge in [0.05, 0.1) is 10.9 Å². The fourth-order valence-corrected chi connectivity index (χ4v) is 2.96. The minimum absolute atomic E-state index is 0.248. The molecule has 2 amide bonds. The second kappa shape index (κ2) is 6.37. The summed E-state index contributed by atoms with van der Waals surface area (Å²) in [5.74, 6) is -1.32. The van der Waals surface area contributed by atoms with E-state index >= 15 is 0 Å². The fraction of sp³-hybridized carbons (Fsp3) is 0.385. The summed E-state index contributed by atoms with van der Waals surface area (Å²) >= 11 is 7.61. The van der Waals surface area contributed by atoms with Crippen molar-refractivity contribution in [3.05, 3.63) is 23.2 Å². The third-order valence-electron chi connectivity index (χ3n) is 3.23. The number of carbonyl (C=O) groups is 2. The molecule has 1 aliphatic rings. The molecule has 0 bridgehead atoms. The zero-order valence-corrected chi connectivity index (χ0v) is 12.5. The highest BCUT2D eigenvalue weighted by Crippen LogP contribution is 2.28. The summed E-state index contributed by atoms with van der Waals surface area (Å²) in [6.45, 7) is 0.706. The molecule has 1 aromatic carbocycles. The summed E-state index contributed by atoms with van der Waals surface area (Å²) in [7, 11) is 0. The number of hydrogen-bond donors (Lipinski definition) is 2. The third-order valence-corrected chi connectivity index (χ3v) is 4.45. The molecule has 7 heteroatoms. The van der Waals surface area contributed by atoms with Crippen molar-refractivity contribution in [2.75, 3.05) is 24.7 Å². The van der Waals surface area contributed by atoms with E-state index in [9.17, 15) is 9.59 Å². The highest BCUT2D eigenvalue weighted by Gasteiger charge is 2.30. The largest absolute Gasteiger partial charge is 0.481 e. The highest BCUT2D eigenvalue weighted by atomic mass is 35.5. The van der Waals surface area contributed by atoms with Crippen LogP contribution in [-0.4, -0.2) is 41.4 Å². The number of amides is 2. The van der Waals surface area contributed by atoms with Crippen LogP contribution in [0.25, 0.3) is 0 Å². The number of nitrogens with zero attached hydrogens (tertiary/aromatic N) is 1. The van der Waals surface area contributed by atoms with Crippen LogP contribution in [0.15, 0.2) is 23.1 Å². The van der Waals surface area contributed by atoms with Gasteiger partial charge in [0.2, 0.25) is 0 Å². The Hall–Kier alpha value is -1.40. The molecule has 0 spiro atoms. The number of aliphatic carboxylic acids is 1. The zero-order chi connectivity index (χ0) is 14.7. The SMILES string of the molecule is CSc1ccc(NC(=O)N2CCC(C(=O)O)C2)cc1Cl. The minimum Gasteiger partial charge on any atom is -0.481 e. The van der Waals surface area contributed by atoms with Crippen LogP contribution in [0.2, 0.25) is 5.02 Å². The zero-order valence-electron chi connectivity index (χ0n) is 10.9. The van der Waals surface area contributed by atoms with Gasteiger partial charge in [-0.2, -0.15) is 0 Å². The van der Waals surface area contributed by atoms with E-state index < -0.39 is 11.9 Å². The normalized spacial score (nSPS) is 18.1. The standard InChI is InChI=1S/C13H15ClN2O3S/c1-20-11-3-2-9(6-10(11)14)15-13(19)16-5-4-8(7-16)12(17)18/h2-3,6,8H,4-5,7H2,1H3,(H,15,19)(H,17,18). The molecular weight excluding hydrogens is 300 g/mol. The van der Waals surface area contributed by atoms with Gasteiger partial charge < -0.3 is 15.3 Å². The fourth-order valence-electron chi connectivity index (χ4n) is 2.09. The van der Waals surface area contributed by atoms with Gasteiger partial charge in [0.1, 0.15) is 0 Å². The topological polar surface area (TPSA) is 69.6 Å². The molecule has 0 radical (unpaired) electrons. The molecule has 0 aliphatic carbocycles. The maximum atomic E-state index is 12.0. The van der Waals surface area contributed by atoms with Crippen molar-refractivity contribution in [3.8, 4) is 0 Å². The predicted octanol–water partition coefficient (Wildman–Crippen LogP) is 3.00. The molecule has 1 aromatic rings. The lowest BCUT2D eigenvalue weighted by molar-refractivity contribution is -0.141. The lowest BCUT2D eigenvalue weighted by Gasteiger charge is -2.17. The van der Waals surface area contributed by atoms with Crippen LogP contribution in [0.3, 0.4) is 0 Å². The lowest BCUT2D eigenvalue weighted by Crippen LogP contribution is -2.33. The maximum Gasteiger partial charge on any atom is 0.321 e. The van der Waals surface area contributed by atoms with Crippen LogP contribution in [0, 0.1) is 5.92 Å². The summed E-state index contributed by atoms with van der Waals surface area (Å²) in [6, 6.07) is 5.02. The molecule has 20 heavy (non-hydrogen) atoms. The smallest absolute Gasteiger partial charge is 0.321 e. The van der Waals surface area contributed by atoms with Crippen molar-refractivity contribution >= 4 is 41.1 Å². The van der Waals surface area contributed by atoms with E-state index in [4.69, 9.17) is 16.7 Å². The first kappa shape index (κ1) is 15.0. The molecule has 1 heterocycles. The predicted molar refractivity (Wildman–Crippen MR) is 79.6 cm³/mol. The number of carbonyl (C=O) groups excluding carboxylic acids is 1. The molecule has 0 aromatic heterocycles. The number of halogens is 1. The van der Waals surface area contributed by atoms with Crippen molar-refractivity contribution in [1.82, 2.24) is 4.90 Å². The van der Waals surface area contributed by atoms with Crippen LogP contribution in [0.5, 0.6) is 0 Å². The monoisotopic (exact) mass is 314 g/mol. The Morgan fingerprint density at radius 3 is 2.80 bits per heavy atom. The Morgan fingerprint density at radius 2 is 2.25 bits per heavy atom. The van der Waals surface area contributed by atoms with Crippen LogP contribution < -0.4 is 5.32 Å². The molecule has 1 atom stereocenters. The van der Waals surface area contributed by atoms with Crippen LogP contribution >= 0.6 is 23.4 Å². The van der Waals surface area contributed by atoms with E-state index in [1.165, 1.54) is 16.7 Å². The van der Waals surface area contributed by atoms with E-state index in [0.29, 0.717) is 23.7 Å². The van der Waals surface area contributed by atoms with Gasteiger partial charge in [-0.05, 0) is 30.9 Å². The number of carboxylic acid groups (broad SMARTS) is 1. The average Bonchev–Trinajstić information content (AvgIpc) is 2.88. The summed E-state index contributed by atoms with van der Waals surface area (Å²) in [5, 5.41) is 12.2. The Morgan fingerprint density at radius 1 is 1.50 bits per heavy atom. The van der Waals surface area contributed by atoms with Gasteiger partial charge in [-0.25, -0.2) is 4.79 Å². The number of thioether (sulfide) groups is 1. The first-order chi connectivity index (χ1) is 9.51. The van der Waals surface area contributed by atoms with Gasteiger partial charge in [-0.1, -0.05) is 11.6 Å². The van der Waals surface area contributed by atoms with Crippen LogP contribution in [-0.2, 0) is 4.79 Å². The third kappa shape index (κ3) is 3.37. The molecule has 1 unspecified atom stereocenters. The van der Waals surface area contributed by atoms with Gasteiger partial charge >= 0.3 is 12.0 Å². The maximum absolute atomic E-state index is 12.0. The van der Waals surface area contributed by atoms with E-state index in [1.54, 1.807) is 12.1 Å². The Balaban J connectivity index is 1.98. The molecule has 1 fully saturated rings. The summed E-state index contributed by atoms with van der Waals surface area (Å²) in [5.41, 5.74) is 0.608. The summed E-state index contributed by atoms with van der Waals surface area (Å²) in [4.78, 5) is 25.3. The second-order valence-electron chi connectivity index (χ2n) is 4.55. The Labute approximate surface area is 126 Å². The average molecular weight is 315 g/mol. The Bertz CT molecular complexity index is 538. The number of likely N-dealkylation sites (tertiary alicyclic amines) is 1. The molecule has 108 valence electrons. The van der Waals surface area contributed by atoms with Gasteiger partial charge in [-0.15, -0.1) is 11.8 Å². The van der Waals surface area contributed by atoms with Crippen molar-refractivity contribution in [1.29, 1.82) is 0 Å². The van der Waals surface area contributed by atoms with Gasteiger partial charge in [0, 0.05) is 23.7 Å². The van der Waals surface area contributed by atoms with Crippen molar-refractivity contribution in [2.45, 2.75) is 11.3 Å². The van der Waals surface area contributed by atoms with Crippen molar-refractivity contribution in [3.63, 3.8) is 0 Å². The van der Waals surface area contributed by atoms with Gasteiger partial charge in [0.15, 0.2) is 0 Å². The second-order valence-corrected chi connectivity index (χ2v) is 5.80. The van der Waals surface area contributed by atoms with Crippen molar-refractivity contribution in [2.24, 2.45) is 5.92 Å². The molecular formula is C13H15ClN2O3S. The van der Waals surface area contributed by atoms with E-state index in [-0.39, 0.29) is 12.6 Å². The first-order valence-corrected chi connectivity index (χ1v) is 7.74. The lowest BCUT2D eigenvalue weighted by atomic mass is 10.1. The minimum atomic E-state index is -0.854. The quantitative estimate of drug-likeness (QED) is 0.841. The van der Waals surface area contributed by atoms with Crippen molar-refractivity contribution < 1.29 is 14.7 Å². The Kier molecular flexibility index (Phi) is 4.77. The van der Waals surface area contributed by atoms with Gasteiger partial charge in [-0.3, -0.25) is 4.79 Å². The van der Waals surface area contributed by atoms with E-state index in [1.807, 2.05) is 12.3 Å². The molecule has 0 saturated carbocycles. The van der Waals surface area contributed by atoms with Crippen LogP contribution in [0.1, 0.15) is 6.42 Å². The van der Waals surface area contributed by atoms with E-state index in [2.05, 4.69) is 5.32 Å². The summed E-state index contributed by atoms with van der Waals surface area (Å²) < 4.78 is 0. The number of carboxylic acids is 1. The number of anilines is 1. The number of rotatable bonds is 3. The number of urea groups is 1. The molecule has 1 aliphatic heterocycles. The van der Waals surface area contributed by atoms with E-state index in [0.717, 1.165) is 4.90 Å².